The van der Waals surface area contributed by atoms with Gasteiger partial charge in [-0.2, -0.15) is 5.10 Å². The topological polar surface area (TPSA) is 84.6 Å². The molecule has 0 saturated carbocycles. The van der Waals surface area contributed by atoms with Crippen LogP contribution in [0.5, 0.6) is 0 Å². The number of carbonyl (C=O) groups is 1. The summed E-state index contributed by atoms with van der Waals surface area (Å²) in [6.45, 7) is 0. The summed E-state index contributed by atoms with van der Waals surface area (Å²) >= 11 is 3.32. The second-order valence-electron chi connectivity index (χ2n) is 4.06. The predicted molar refractivity (Wildman–Crippen MR) is 82.3 cm³/mol. The first-order chi connectivity index (χ1) is 10.1. The molecule has 0 spiro atoms. The van der Waals surface area contributed by atoms with Crippen molar-refractivity contribution in [2.45, 2.75) is 0 Å². The van der Waals surface area contributed by atoms with E-state index in [9.17, 15) is 14.9 Å². The molecule has 2 rings (SSSR count). The summed E-state index contributed by atoms with van der Waals surface area (Å²) in [4.78, 5) is 21.9. The Kier molecular flexibility index (Phi) is 4.78. The van der Waals surface area contributed by atoms with Crippen molar-refractivity contribution in [3.8, 4) is 0 Å². The third-order valence-corrected chi connectivity index (χ3v) is 3.10. The second-order valence-corrected chi connectivity index (χ2v) is 4.97. The minimum atomic E-state index is -0.554. The van der Waals surface area contributed by atoms with Crippen LogP contribution in [-0.4, -0.2) is 17.0 Å². The van der Waals surface area contributed by atoms with Gasteiger partial charge >= 0.3 is 0 Å². The molecule has 7 heteroatoms. The lowest BCUT2D eigenvalue weighted by atomic mass is 10.2. The van der Waals surface area contributed by atoms with E-state index in [1.807, 2.05) is 24.3 Å². The molecule has 106 valence electrons. The Morgan fingerprint density at radius 1 is 1.24 bits per heavy atom. The fraction of sp³-hybridized carbons (Fsp3) is 0. The third-order valence-electron chi connectivity index (χ3n) is 2.57. The van der Waals surface area contributed by atoms with Crippen LogP contribution in [0.4, 0.5) is 5.69 Å². The zero-order valence-electron chi connectivity index (χ0n) is 10.7. The highest BCUT2D eigenvalue weighted by Gasteiger charge is 2.10. The summed E-state index contributed by atoms with van der Waals surface area (Å²) < 4.78 is 0.945. The number of benzene rings is 2. The Bertz CT molecular complexity index is 699. The van der Waals surface area contributed by atoms with E-state index in [4.69, 9.17) is 0 Å². The normalized spacial score (nSPS) is 10.5. The number of rotatable bonds is 4. The van der Waals surface area contributed by atoms with Gasteiger partial charge in [0.25, 0.3) is 11.6 Å². The third kappa shape index (κ3) is 4.22. The number of nitro groups is 1. The molecule has 6 nitrogen and oxygen atoms in total. The van der Waals surface area contributed by atoms with Crippen LogP contribution in [0.15, 0.2) is 58.1 Å². The van der Waals surface area contributed by atoms with E-state index in [-0.39, 0.29) is 11.3 Å². The Labute approximate surface area is 128 Å². The maximum Gasteiger partial charge on any atom is 0.271 e. The first kappa shape index (κ1) is 14.9. The summed E-state index contributed by atoms with van der Waals surface area (Å²) in [6, 6.07) is 12.8. The van der Waals surface area contributed by atoms with Crippen molar-refractivity contribution in [1.82, 2.24) is 5.43 Å². The molecule has 0 unspecified atom stereocenters. The van der Waals surface area contributed by atoms with Gasteiger partial charge in [0.2, 0.25) is 0 Å². The molecule has 0 fully saturated rings. The lowest BCUT2D eigenvalue weighted by Gasteiger charge is -1.99. The number of halogens is 1. The van der Waals surface area contributed by atoms with E-state index in [2.05, 4.69) is 26.5 Å². The SMILES string of the molecule is O=C(N/N=C/c1ccc(Br)cc1)c1cccc([N+](=O)[O-])c1. The van der Waals surface area contributed by atoms with Gasteiger partial charge in [0.1, 0.15) is 0 Å². The minimum Gasteiger partial charge on any atom is -0.267 e. The Hall–Kier alpha value is -2.54. The number of hydrogen-bond acceptors (Lipinski definition) is 4. The Morgan fingerprint density at radius 2 is 1.95 bits per heavy atom. The van der Waals surface area contributed by atoms with Crippen molar-refractivity contribution in [2.24, 2.45) is 5.10 Å². The molecule has 0 saturated heterocycles. The quantitative estimate of drug-likeness (QED) is 0.523. The van der Waals surface area contributed by atoms with E-state index < -0.39 is 10.8 Å². The first-order valence-corrected chi connectivity index (χ1v) is 6.69. The van der Waals surface area contributed by atoms with Crippen molar-refractivity contribution >= 4 is 33.7 Å². The van der Waals surface area contributed by atoms with Gasteiger partial charge in [-0.15, -0.1) is 0 Å². The molecule has 0 atom stereocenters. The van der Waals surface area contributed by atoms with Crippen LogP contribution in [-0.2, 0) is 0 Å². The molecule has 0 aliphatic heterocycles. The molecule has 1 amide bonds. The maximum atomic E-state index is 11.8. The summed E-state index contributed by atoms with van der Waals surface area (Å²) in [5.41, 5.74) is 3.18. The average molecular weight is 348 g/mol. The number of nitro benzene ring substituents is 1. The minimum absolute atomic E-state index is 0.139. The van der Waals surface area contributed by atoms with Crippen LogP contribution in [0.1, 0.15) is 15.9 Å². The smallest absolute Gasteiger partial charge is 0.267 e. The van der Waals surface area contributed by atoms with Gasteiger partial charge in [-0.1, -0.05) is 34.1 Å². The molecule has 2 aromatic rings. The van der Waals surface area contributed by atoms with Crippen molar-refractivity contribution in [3.63, 3.8) is 0 Å². The molecule has 0 radical (unpaired) electrons. The lowest BCUT2D eigenvalue weighted by molar-refractivity contribution is -0.384. The number of nitrogens with zero attached hydrogens (tertiary/aromatic N) is 2. The van der Waals surface area contributed by atoms with Crippen LogP contribution >= 0.6 is 15.9 Å². The monoisotopic (exact) mass is 347 g/mol. The van der Waals surface area contributed by atoms with Gasteiger partial charge in [0.15, 0.2) is 0 Å². The molecule has 0 bridgehead atoms. The van der Waals surface area contributed by atoms with Crippen molar-refractivity contribution in [3.05, 3.63) is 74.2 Å². The van der Waals surface area contributed by atoms with E-state index in [0.29, 0.717) is 0 Å². The van der Waals surface area contributed by atoms with Crippen molar-refractivity contribution in [2.75, 3.05) is 0 Å². The van der Waals surface area contributed by atoms with Crippen LogP contribution in [0.3, 0.4) is 0 Å². The fourth-order valence-electron chi connectivity index (χ4n) is 1.54. The van der Waals surface area contributed by atoms with Gasteiger partial charge < -0.3 is 0 Å². The highest BCUT2D eigenvalue weighted by molar-refractivity contribution is 9.10. The first-order valence-electron chi connectivity index (χ1n) is 5.90. The van der Waals surface area contributed by atoms with E-state index in [0.717, 1.165) is 10.0 Å². The Balaban J connectivity index is 2.03. The van der Waals surface area contributed by atoms with Gasteiger partial charge in [0, 0.05) is 22.2 Å². The van der Waals surface area contributed by atoms with Crippen LogP contribution in [0.2, 0.25) is 0 Å². The molecular weight excluding hydrogens is 338 g/mol. The number of amides is 1. The highest BCUT2D eigenvalue weighted by Crippen LogP contribution is 2.13. The van der Waals surface area contributed by atoms with Crippen LogP contribution < -0.4 is 5.43 Å². The fourth-order valence-corrected chi connectivity index (χ4v) is 1.80. The Morgan fingerprint density at radius 3 is 2.62 bits per heavy atom. The zero-order valence-corrected chi connectivity index (χ0v) is 12.3. The summed E-state index contributed by atoms with van der Waals surface area (Å²) in [5.74, 6) is -0.507. The molecule has 1 N–H and O–H groups in total. The van der Waals surface area contributed by atoms with Gasteiger partial charge in [-0.25, -0.2) is 5.43 Å². The highest BCUT2D eigenvalue weighted by atomic mass is 79.9. The summed E-state index contributed by atoms with van der Waals surface area (Å²) in [5, 5.41) is 14.5. The van der Waals surface area contributed by atoms with Crippen molar-refractivity contribution < 1.29 is 9.72 Å². The zero-order chi connectivity index (χ0) is 15.2. The van der Waals surface area contributed by atoms with E-state index in [1.54, 1.807) is 0 Å². The maximum absolute atomic E-state index is 11.8. The van der Waals surface area contributed by atoms with E-state index in [1.165, 1.54) is 30.5 Å². The largest absolute Gasteiger partial charge is 0.271 e. The standard InChI is InChI=1S/C14H10BrN3O3/c15-12-6-4-10(5-7-12)9-16-17-14(19)11-2-1-3-13(8-11)18(20)21/h1-9H,(H,17,19)/b16-9+. The molecule has 0 aliphatic rings. The number of hydrogen-bond donors (Lipinski definition) is 1. The molecular formula is C14H10BrN3O3. The predicted octanol–water partition coefficient (Wildman–Crippen LogP) is 3.12. The van der Waals surface area contributed by atoms with Gasteiger partial charge in [-0.3, -0.25) is 14.9 Å². The average Bonchev–Trinajstić information content (AvgIpc) is 2.49. The van der Waals surface area contributed by atoms with Gasteiger partial charge in [0.05, 0.1) is 11.1 Å². The molecule has 0 heterocycles. The number of non-ortho nitro benzene ring substituents is 1. The number of hydrazone groups is 1. The molecule has 21 heavy (non-hydrogen) atoms. The summed E-state index contributed by atoms with van der Waals surface area (Å²) in [6.07, 6.45) is 1.49. The molecule has 0 aliphatic carbocycles. The molecule has 2 aromatic carbocycles. The van der Waals surface area contributed by atoms with Crippen LogP contribution in [0.25, 0.3) is 0 Å². The number of nitrogens with one attached hydrogen (secondary N) is 1. The van der Waals surface area contributed by atoms with E-state index >= 15 is 0 Å². The molecule has 0 aromatic heterocycles. The van der Waals surface area contributed by atoms with Crippen LogP contribution in [0, 0.1) is 10.1 Å². The number of carbonyl (C=O) groups excluding carboxylic acids is 1. The van der Waals surface area contributed by atoms with Crippen molar-refractivity contribution in [1.29, 1.82) is 0 Å². The van der Waals surface area contributed by atoms with Gasteiger partial charge in [-0.05, 0) is 23.8 Å². The summed E-state index contributed by atoms with van der Waals surface area (Å²) in [7, 11) is 0. The lowest BCUT2D eigenvalue weighted by Crippen LogP contribution is -2.17. The second kappa shape index (κ2) is 6.76.